The number of carbonyl (C=O) groups is 2. The number of hydrogen-bond acceptors (Lipinski definition) is 5. The Balaban J connectivity index is 1.63. The van der Waals surface area contributed by atoms with Crippen molar-refractivity contribution in [1.82, 2.24) is 9.62 Å². The van der Waals surface area contributed by atoms with Gasteiger partial charge in [-0.3, -0.25) is 4.79 Å². The molecule has 0 aromatic heterocycles. The smallest absolute Gasteiger partial charge is 0.338 e. The van der Waals surface area contributed by atoms with Crippen LogP contribution in [0, 0.1) is 0 Å². The first-order chi connectivity index (χ1) is 13.8. The summed E-state index contributed by atoms with van der Waals surface area (Å²) in [5.74, 6) is -1.09. The summed E-state index contributed by atoms with van der Waals surface area (Å²) in [4.78, 5) is 26.4. The minimum atomic E-state index is -3.68. The van der Waals surface area contributed by atoms with Crippen LogP contribution in [0.5, 0.6) is 0 Å². The highest BCUT2D eigenvalue weighted by Crippen LogP contribution is 2.22. The van der Waals surface area contributed by atoms with E-state index in [1.807, 2.05) is 30.3 Å². The molecule has 1 atom stereocenters. The quantitative estimate of drug-likeness (QED) is 0.667. The Bertz CT molecular complexity index is 987. The summed E-state index contributed by atoms with van der Waals surface area (Å²) < 4.78 is 32.5. The fraction of sp³-hybridized carbons (Fsp3) is 0.333. The number of carbonyl (C=O) groups excluding carboxylic acids is 2. The maximum atomic E-state index is 12.5. The van der Waals surface area contributed by atoms with Gasteiger partial charge < -0.3 is 9.64 Å². The molecule has 3 rings (SSSR count). The summed E-state index contributed by atoms with van der Waals surface area (Å²) in [5, 5.41) is 0. The number of ether oxygens (including phenoxy) is 1. The van der Waals surface area contributed by atoms with Crippen LogP contribution >= 0.6 is 0 Å². The van der Waals surface area contributed by atoms with Gasteiger partial charge in [0.2, 0.25) is 10.0 Å². The molecule has 1 saturated carbocycles. The molecular formula is C21H24N2O5S. The van der Waals surface area contributed by atoms with Gasteiger partial charge in [0.15, 0.2) is 6.10 Å². The number of hydrogen-bond donors (Lipinski definition) is 1. The molecule has 29 heavy (non-hydrogen) atoms. The predicted molar refractivity (Wildman–Crippen MR) is 108 cm³/mol. The molecule has 1 aliphatic carbocycles. The van der Waals surface area contributed by atoms with Crippen LogP contribution in [0.4, 0.5) is 0 Å². The van der Waals surface area contributed by atoms with Gasteiger partial charge in [0.05, 0.1) is 10.5 Å². The van der Waals surface area contributed by atoms with Crippen molar-refractivity contribution < 1.29 is 22.7 Å². The Hall–Kier alpha value is -2.71. The summed E-state index contributed by atoms with van der Waals surface area (Å²) in [5.41, 5.74) is 1.04. The third-order valence-corrected chi connectivity index (χ3v) is 6.07. The molecule has 1 amide bonds. The molecule has 0 heterocycles. The molecule has 0 saturated heterocycles. The molecule has 0 bridgehead atoms. The molecule has 0 spiro atoms. The van der Waals surface area contributed by atoms with E-state index in [2.05, 4.69) is 4.72 Å². The van der Waals surface area contributed by atoms with Gasteiger partial charge in [-0.1, -0.05) is 36.4 Å². The van der Waals surface area contributed by atoms with E-state index in [0.29, 0.717) is 6.54 Å². The normalized spacial score (nSPS) is 14.8. The fourth-order valence-corrected chi connectivity index (χ4v) is 4.15. The maximum absolute atomic E-state index is 12.5. The van der Waals surface area contributed by atoms with E-state index >= 15 is 0 Å². The van der Waals surface area contributed by atoms with Gasteiger partial charge >= 0.3 is 5.97 Å². The molecule has 1 fully saturated rings. The number of nitrogens with one attached hydrogen (secondary N) is 1. The number of nitrogens with zero attached hydrogens (tertiary/aromatic N) is 1. The number of amides is 1. The molecule has 2 aromatic carbocycles. The lowest BCUT2D eigenvalue weighted by atomic mass is 10.2. The standard InChI is InChI=1S/C21H24N2O5S/c1-15(20(24)23(2)14-16-7-4-3-5-8-16)28-21(25)17-9-6-10-19(13-17)29(26,27)22-18-11-12-18/h3-10,13,15,18,22H,11-12,14H2,1-2H3. The summed E-state index contributed by atoms with van der Waals surface area (Å²) in [6.07, 6.45) is 0.634. The Morgan fingerprint density at radius 1 is 1.14 bits per heavy atom. The monoisotopic (exact) mass is 416 g/mol. The molecule has 1 aliphatic rings. The Morgan fingerprint density at radius 2 is 1.83 bits per heavy atom. The highest BCUT2D eigenvalue weighted by molar-refractivity contribution is 7.89. The van der Waals surface area contributed by atoms with Crippen LogP contribution in [-0.4, -0.2) is 44.4 Å². The first-order valence-corrected chi connectivity index (χ1v) is 10.9. The molecule has 1 N–H and O–H groups in total. The van der Waals surface area contributed by atoms with Gasteiger partial charge in [-0.05, 0) is 43.5 Å². The van der Waals surface area contributed by atoms with Crippen LogP contribution in [0.3, 0.4) is 0 Å². The highest BCUT2D eigenvalue weighted by Gasteiger charge is 2.29. The first-order valence-electron chi connectivity index (χ1n) is 9.38. The van der Waals surface area contributed by atoms with Crippen LogP contribution < -0.4 is 4.72 Å². The zero-order valence-corrected chi connectivity index (χ0v) is 17.2. The Morgan fingerprint density at radius 3 is 2.48 bits per heavy atom. The third-order valence-electron chi connectivity index (χ3n) is 4.55. The zero-order chi connectivity index (χ0) is 21.0. The summed E-state index contributed by atoms with van der Waals surface area (Å²) in [7, 11) is -2.04. The number of sulfonamides is 1. The van der Waals surface area contributed by atoms with Crippen molar-refractivity contribution >= 4 is 21.9 Å². The van der Waals surface area contributed by atoms with Gasteiger partial charge in [0.1, 0.15) is 0 Å². The van der Waals surface area contributed by atoms with Crippen molar-refractivity contribution in [2.45, 2.75) is 43.4 Å². The zero-order valence-electron chi connectivity index (χ0n) is 16.4. The van der Waals surface area contributed by atoms with E-state index in [4.69, 9.17) is 4.74 Å². The van der Waals surface area contributed by atoms with Crippen molar-refractivity contribution in [1.29, 1.82) is 0 Å². The first kappa shape index (κ1) is 21.0. The van der Waals surface area contributed by atoms with E-state index in [-0.39, 0.29) is 22.4 Å². The van der Waals surface area contributed by atoms with Crippen LogP contribution in [0.2, 0.25) is 0 Å². The number of esters is 1. The van der Waals surface area contributed by atoms with Gasteiger partial charge in [-0.15, -0.1) is 0 Å². The fourth-order valence-electron chi connectivity index (χ4n) is 2.80. The molecular weight excluding hydrogens is 392 g/mol. The Labute approximate surface area is 170 Å². The van der Waals surface area contributed by atoms with Crippen LogP contribution in [0.1, 0.15) is 35.7 Å². The second-order valence-electron chi connectivity index (χ2n) is 7.15. The molecule has 0 radical (unpaired) electrons. The molecule has 7 nitrogen and oxygen atoms in total. The number of likely N-dealkylation sites (N-methyl/N-ethyl adjacent to an activating group) is 1. The summed E-state index contributed by atoms with van der Waals surface area (Å²) in [6, 6.07) is 15.1. The van der Waals surface area contributed by atoms with E-state index in [9.17, 15) is 18.0 Å². The second-order valence-corrected chi connectivity index (χ2v) is 8.86. The Kier molecular flexibility index (Phi) is 6.34. The molecule has 8 heteroatoms. The number of rotatable bonds is 8. The van der Waals surface area contributed by atoms with E-state index in [1.165, 1.54) is 36.1 Å². The van der Waals surface area contributed by atoms with Crippen LogP contribution in [-0.2, 0) is 26.1 Å². The lowest BCUT2D eigenvalue weighted by Gasteiger charge is -2.21. The summed E-state index contributed by atoms with van der Waals surface area (Å²) >= 11 is 0. The molecule has 0 aliphatic heterocycles. The lowest BCUT2D eigenvalue weighted by molar-refractivity contribution is -0.139. The van der Waals surface area contributed by atoms with E-state index in [1.54, 1.807) is 7.05 Å². The van der Waals surface area contributed by atoms with Crippen molar-refractivity contribution in [3.05, 3.63) is 65.7 Å². The molecule has 2 aromatic rings. The van der Waals surface area contributed by atoms with Gasteiger partial charge in [-0.25, -0.2) is 17.9 Å². The summed E-state index contributed by atoms with van der Waals surface area (Å²) in [6.45, 7) is 1.89. The van der Waals surface area contributed by atoms with Crippen LogP contribution in [0.25, 0.3) is 0 Å². The van der Waals surface area contributed by atoms with E-state index < -0.39 is 22.1 Å². The average Bonchev–Trinajstić information content (AvgIpc) is 3.51. The van der Waals surface area contributed by atoms with E-state index in [0.717, 1.165) is 18.4 Å². The minimum Gasteiger partial charge on any atom is -0.449 e. The van der Waals surface area contributed by atoms with Crippen molar-refractivity contribution in [2.75, 3.05) is 7.05 Å². The maximum Gasteiger partial charge on any atom is 0.338 e. The average molecular weight is 416 g/mol. The van der Waals surface area contributed by atoms with Gasteiger partial charge in [0.25, 0.3) is 5.91 Å². The van der Waals surface area contributed by atoms with Crippen molar-refractivity contribution in [2.24, 2.45) is 0 Å². The second kappa shape index (κ2) is 8.75. The third kappa shape index (κ3) is 5.65. The lowest BCUT2D eigenvalue weighted by Crippen LogP contribution is -2.37. The molecule has 154 valence electrons. The van der Waals surface area contributed by atoms with Crippen molar-refractivity contribution in [3.63, 3.8) is 0 Å². The topological polar surface area (TPSA) is 92.8 Å². The number of benzene rings is 2. The largest absolute Gasteiger partial charge is 0.449 e. The van der Waals surface area contributed by atoms with Crippen molar-refractivity contribution in [3.8, 4) is 0 Å². The van der Waals surface area contributed by atoms with Gasteiger partial charge in [-0.2, -0.15) is 0 Å². The highest BCUT2D eigenvalue weighted by atomic mass is 32.2. The minimum absolute atomic E-state index is 0.000903. The molecule has 1 unspecified atom stereocenters. The van der Waals surface area contributed by atoms with Gasteiger partial charge in [0, 0.05) is 19.6 Å². The SMILES string of the molecule is CC(OC(=O)c1cccc(S(=O)(=O)NC2CC2)c1)C(=O)N(C)Cc1ccccc1. The predicted octanol–water partition coefficient (Wildman–Crippen LogP) is 2.33. The van der Waals surface area contributed by atoms with Crippen LogP contribution in [0.15, 0.2) is 59.5 Å².